The molecule has 0 saturated heterocycles. The van der Waals surface area contributed by atoms with Gasteiger partial charge in [-0.3, -0.25) is 14.6 Å². The first kappa shape index (κ1) is 20.6. The van der Waals surface area contributed by atoms with E-state index in [0.29, 0.717) is 5.56 Å². The van der Waals surface area contributed by atoms with Crippen LogP contribution in [-0.2, 0) is 0 Å². The predicted molar refractivity (Wildman–Crippen MR) is 116 cm³/mol. The Kier molecular flexibility index (Phi) is 5.45. The van der Waals surface area contributed by atoms with Crippen LogP contribution in [0.25, 0.3) is 16.8 Å². The van der Waals surface area contributed by atoms with Crippen LogP contribution < -0.4 is 21.5 Å². The van der Waals surface area contributed by atoms with E-state index in [1.54, 1.807) is 0 Å². The van der Waals surface area contributed by atoms with Crippen LogP contribution in [0.15, 0.2) is 63.0 Å². The molecule has 2 aromatic carbocycles. The molecule has 0 unspecified atom stereocenters. The summed E-state index contributed by atoms with van der Waals surface area (Å²) in [5.41, 5.74) is 0.590. The molecule has 0 spiro atoms. The largest absolute Gasteiger partial charge is 0.434 e. The Balaban J connectivity index is 1.78. The van der Waals surface area contributed by atoms with Gasteiger partial charge in [0.25, 0.3) is 11.1 Å². The number of aryl methyl sites for hydroxylation is 1. The highest BCUT2D eigenvalue weighted by atomic mass is 35.5. The normalized spacial score (nSPS) is 10.8. The van der Waals surface area contributed by atoms with Gasteiger partial charge in [0.2, 0.25) is 5.88 Å². The lowest BCUT2D eigenvalue weighted by Crippen LogP contribution is -2.30. The van der Waals surface area contributed by atoms with Crippen molar-refractivity contribution >= 4 is 23.2 Å². The topological polar surface area (TPSA) is 123 Å². The molecule has 0 fully saturated rings. The molecule has 2 heterocycles. The average Bonchev–Trinajstić information content (AvgIpc) is 2.71. The summed E-state index contributed by atoms with van der Waals surface area (Å²) in [5, 5.41) is 10.2. The van der Waals surface area contributed by atoms with Gasteiger partial charge in [-0.2, -0.15) is 9.78 Å². The van der Waals surface area contributed by atoms with Crippen LogP contribution in [0.3, 0.4) is 0 Å². The summed E-state index contributed by atoms with van der Waals surface area (Å²) in [4.78, 5) is 37.2. The summed E-state index contributed by atoms with van der Waals surface area (Å²) in [5.74, 6) is 0.152. The molecule has 4 rings (SSSR count). The number of halogens is 2. The maximum atomic E-state index is 12.0. The van der Waals surface area contributed by atoms with Gasteiger partial charge in [0, 0.05) is 6.07 Å². The van der Waals surface area contributed by atoms with E-state index in [1.807, 2.05) is 31.2 Å². The monoisotopic (exact) mass is 457 g/mol. The van der Waals surface area contributed by atoms with Gasteiger partial charge in [0.15, 0.2) is 5.75 Å². The lowest BCUT2D eigenvalue weighted by molar-refractivity contribution is 0.456. The number of rotatable bonds is 4. The number of nitrogens with zero attached hydrogens (tertiary/aromatic N) is 3. The van der Waals surface area contributed by atoms with Crippen molar-refractivity contribution in [1.82, 2.24) is 25.0 Å². The van der Waals surface area contributed by atoms with Crippen LogP contribution in [0.4, 0.5) is 0 Å². The van der Waals surface area contributed by atoms with Crippen LogP contribution in [0.1, 0.15) is 5.56 Å². The van der Waals surface area contributed by atoms with Crippen molar-refractivity contribution < 1.29 is 4.74 Å². The third kappa shape index (κ3) is 4.27. The van der Waals surface area contributed by atoms with Crippen LogP contribution in [0, 0.1) is 6.92 Å². The van der Waals surface area contributed by atoms with E-state index in [4.69, 9.17) is 27.9 Å². The number of benzene rings is 2. The zero-order valence-electron chi connectivity index (χ0n) is 15.8. The molecule has 0 saturated carbocycles. The van der Waals surface area contributed by atoms with E-state index >= 15 is 0 Å². The smallest absolute Gasteiger partial charge is 0.349 e. The number of ether oxygens (including phenoxy) is 1. The van der Waals surface area contributed by atoms with Crippen molar-refractivity contribution in [2.24, 2.45) is 0 Å². The molecule has 0 radical (unpaired) electrons. The summed E-state index contributed by atoms with van der Waals surface area (Å²) >= 11 is 12.7. The van der Waals surface area contributed by atoms with Crippen molar-refractivity contribution in [3.63, 3.8) is 0 Å². The number of aromatic amines is 2. The summed E-state index contributed by atoms with van der Waals surface area (Å²) in [6.45, 7) is 1.92. The van der Waals surface area contributed by atoms with Gasteiger partial charge >= 0.3 is 5.69 Å². The summed E-state index contributed by atoms with van der Waals surface area (Å²) in [6, 6.07) is 11.6. The summed E-state index contributed by atoms with van der Waals surface area (Å²) in [7, 11) is 0. The molecule has 9 nitrogen and oxygen atoms in total. The van der Waals surface area contributed by atoms with E-state index < -0.39 is 16.8 Å². The molecule has 0 aliphatic heterocycles. The molecule has 0 atom stereocenters. The van der Waals surface area contributed by atoms with Crippen molar-refractivity contribution in [3.8, 4) is 28.4 Å². The highest BCUT2D eigenvalue weighted by Crippen LogP contribution is 2.39. The first-order valence-electron chi connectivity index (χ1n) is 8.84. The molecule has 11 heteroatoms. The van der Waals surface area contributed by atoms with Gasteiger partial charge in [-0.25, -0.2) is 9.89 Å². The molecular weight excluding hydrogens is 445 g/mol. The summed E-state index contributed by atoms with van der Waals surface area (Å²) in [6.07, 6.45) is 0.950. The van der Waals surface area contributed by atoms with E-state index in [-0.39, 0.29) is 27.4 Å². The molecule has 0 aliphatic rings. The highest BCUT2D eigenvalue weighted by Gasteiger charge is 2.17. The first-order chi connectivity index (χ1) is 14.8. The van der Waals surface area contributed by atoms with Crippen molar-refractivity contribution in [3.05, 3.63) is 95.5 Å². The zero-order valence-corrected chi connectivity index (χ0v) is 17.4. The fourth-order valence-electron chi connectivity index (χ4n) is 2.89. The number of hydrogen-bond acceptors (Lipinski definition) is 6. The van der Waals surface area contributed by atoms with Crippen LogP contribution in [0.5, 0.6) is 11.6 Å². The van der Waals surface area contributed by atoms with Gasteiger partial charge in [0.05, 0.1) is 21.3 Å². The summed E-state index contributed by atoms with van der Waals surface area (Å²) < 4.78 is 6.78. The van der Waals surface area contributed by atoms with E-state index in [2.05, 4.69) is 20.3 Å². The third-order valence-corrected chi connectivity index (χ3v) is 4.80. The van der Waals surface area contributed by atoms with E-state index in [9.17, 15) is 14.4 Å². The Morgan fingerprint density at radius 3 is 2.42 bits per heavy atom. The van der Waals surface area contributed by atoms with Gasteiger partial charge < -0.3 is 4.74 Å². The van der Waals surface area contributed by atoms with Crippen molar-refractivity contribution in [2.45, 2.75) is 6.92 Å². The molecule has 2 aromatic heterocycles. The van der Waals surface area contributed by atoms with Gasteiger partial charge in [-0.1, -0.05) is 53.0 Å². The Labute approximate surface area is 183 Å². The second-order valence-corrected chi connectivity index (χ2v) is 7.33. The second-order valence-electron chi connectivity index (χ2n) is 6.51. The fraction of sp³-hybridized carbons (Fsp3) is 0.0500. The Hall–Kier alpha value is -3.69. The maximum absolute atomic E-state index is 12.0. The zero-order chi connectivity index (χ0) is 22.1. The number of nitrogens with one attached hydrogen (secondary N) is 2. The van der Waals surface area contributed by atoms with Crippen molar-refractivity contribution in [2.75, 3.05) is 0 Å². The Morgan fingerprint density at radius 1 is 1.00 bits per heavy atom. The Morgan fingerprint density at radius 2 is 1.74 bits per heavy atom. The molecule has 0 amide bonds. The van der Waals surface area contributed by atoms with Gasteiger partial charge in [0.1, 0.15) is 6.20 Å². The first-order valence-corrected chi connectivity index (χ1v) is 9.60. The highest BCUT2D eigenvalue weighted by molar-refractivity contribution is 6.37. The van der Waals surface area contributed by atoms with Crippen LogP contribution >= 0.6 is 23.2 Å². The molecule has 4 aromatic rings. The minimum atomic E-state index is -0.752. The molecule has 31 heavy (non-hydrogen) atoms. The van der Waals surface area contributed by atoms with E-state index in [0.717, 1.165) is 22.0 Å². The molecule has 2 N–H and O–H groups in total. The maximum Gasteiger partial charge on any atom is 0.349 e. The minimum absolute atomic E-state index is 0.0607. The lowest BCUT2D eigenvalue weighted by Gasteiger charge is -2.13. The van der Waals surface area contributed by atoms with E-state index in [1.165, 1.54) is 18.2 Å². The molecule has 0 bridgehead atoms. The third-order valence-electron chi connectivity index (χ3n) is 4.24. The van der Waals surface area contributed by atoms with Crippen LogP contribution in [0.2, 0.25) is 10.0 Å². The second kappa shape index (κ2) is 8.21. The van der Waals surface area contributed by atoms with Crippen molar-refractivity contribution in [1.29, 1.82) is 0 Å². The minimum Gasteiger partial charge on any atom is -0.434 e. The average molecular weight is 458 g/mol. The number of hydrogen-bond donors (Lipinski definition) is 2. The van der Waals surface area contributed by atoms with Gasteiger partial charge in [-0.15, -0.1) is 5.10 Å². The molecular formula is C20H13Cl2N5O4. The predicted octanol–water partition coefficient (Wildman–Crippen LogP) is 3.08. The Bertz CT molecular complexity index is 1450. The fourth-order valence-corrected chi connectivity index (χ4v) is 3.44. The SMILES string of the molecule is Cc1cccc(-c2cc(=O)[nH]nc2Oc2c(Cl)cc(-n3ncc(=O)[nH]c3=O)cc2Cl)c1. The lowest BCUT2D eigenvalue weighted by atomic mass is 10.1. The van der Waals surface area contributed by atoms with Gasteiger partial charge in [-0.05, 0) is 24.6 Å². The standard InChI is InChI=1S/C20H13Cl2N5O4/c1-10-3-2-4-11(5-10)13-8-16(28)25-26-19(13)31-18-14(21)6-12(7-15(18)22)27-20(30)24-17(29)9-23-27/h2-9H,1H3,(H,25,28)(H,24,29,30). The molecule has 0 aliphatic carbocycles. The number of H-pyrrole nitrogens is 2. The number of aromatic nitrogens is 5. The quantitative estimate of drug-likeness (QED) is 0.485. The van der Waals surface area contributed by atoms with Crippen LogP contribution in [-0.4, -0.2) is 25.0 Å². The molecule has 156 valence electrons.